The average molecular weight is 395 g/mol. The van der Waals surface area contributed by atoms with E-state index in [4.69, 9.17) is 0 Å². The molecule has 1 fully saturated rings. The lowest BCUT2D eigenvalue weighted by atomic mass is 10.0. The first-order valence-corrected chi connectivity index (χ1v) is 9.80. The second kappa shape index (κ2) is 10.4. The van der Waals surface area contributed by atoms with Crippen molar-refractivity contribution in [1.82, 2.24) is 20.4 Å². The second-order valence-electron chi connectivity index (χ2n) is 7.16. The minimum atomic E-state index is -0.573. The highest BCUT2D eigenvalue weighted by Gasteiger charge is 2.26. The number of amides is 1. The largest absolute Gasteiger partial charge is 0.357 e. The van der Waals surface area contributed by atoms with Gasteiger partial charge in [-0.2, -0.15) is 0 Å². The van der Waals surface area contributed by atoms with Gasteiger partial charge in [-0.3, -0.25) is 9.79 Å². The number of aliphatic imine (C=N–C) groups is 1. The quantitative estimate of drug-likeness (QED) is 0.549. The van der Waals surface area contributed by atoms with Gasteiger partial charge in [-0.25, -0.2) is 8.78 Å². The highest BCUT2D eigenvalue weighted by atomic mass is 19.1. The van der Waals surface area contributed by atoms with E-state index in [-0.39, 0.29) is 24.1 Å². The van der Waals surface area contributed by atoms with Crippen molar-refractivity contribution in [2.45, 2.75) is 38.8 Å². The summed E-state index contributed by atoms with van der Waals surface area (Å²) in [6.07, 6.45) is 1.34. The molecule has 1 saturated heterocycles. The highest BCUT2D eigenvalue weighted by molar-refractivity contribution is 5.80. The summed E-state index contributed by atoms with van der Waals surface area (Å²) in [6.45, 7) is 6.04. The third kappa shape index (κ3) is 5.64. The molecule has 0 radical (unpaired) electrons. The van der Waals surface area contributed by atoms with E-state index in [1.54, 1.807) is 19.0 Å². The van der Waals surface area contributed by atoms with Crippen LogP contribution in [0.1, 0.15) is 38.3 Å². The monoisotopic (exact) mass is 395 g/mol. The van der Waals surface area contributed by atoms with E-state index in [1.807, 2.05) is 18.7 Å². The van der Waals surface area contributed by atoms with Crippen LogP contribution in [0.25, 0.3) is 0 Å². The van der Waals surface area contributed by atoms with E-state index in [1.165, 1.54) is 18.2 Å². The molecule has 0 bridgehead atoms. The van der Waals surface area contributed by atoms with E-state index >= 15 is 0 Å². The summed E-state index contributed by atoms with van der Waals surface area (Å²) in [5, 5.41) is 6.51. The maximum atomic E-state index is 14.2. The number of hydrogen-bond donors (Lipinski definition) is 2. The molecule has 1 aliphatic heterocycles. The Bertz CT molecular complexity index is 675. The molecular formula is C20H31F2N5O. The van der Waals surface area contributed by atoms with Crippen LogP contribution >= 0.6 is 0 Å². The smallest absolute Gasteiger partial charge is 0.222 e. The van der Waals surface area contributed by atoms with Crippen molar-refractivity contribution in [3.05, 3.63) is 35.4 Å². The van der Waals surface area contributed by atoms with Gasteiger partial charge in [-0.05, 0) is 39.6 Å². The molecule has 1 aromatic rings. The van der Waals surface area contributed by atoms with Gasteiger partial charge in [0.2, 0.25) is 5.91 Å². The predicted molar refractivity (Wildman–Crippen MR) is 107 cm³/mol. The van der Waals surface area contributed by atoms with Crippen molar-refractivity contribution < 1.29 is 13.6 Å². The number of carbonyl (C=O) groups is 1. The van der Waals surface area contributed by atoms with Crippen molar-refractivity contribution >= 4 is 11.9 Å². The number of carbonyl (C=O) groups excluding carboxylic acids is 1. The number of halogens is 2. The molecule has 2 unspecified atom stereocenters. The Morgan fingerprint density at radius 3 is 2.57 bits per heavy atom. The fraction of sp³-hybridized carbons (Fsp3) is 0.600. The van der Waals surface area contributed by atoms with Crippen LogP contribution in [0.15, 0.2) is 23.2 Å². The molecule has 1 heterocycles. The Morgan fingerprint density at radius 2 is 2.00 bits per heavy atom. The van der Waals surface area contributed by atoms with Crippen molar-refractivity contribution in [1.29, 1.82) is 0 Å². The van der Waals surface area contributed by atoms with Crippen LogP contribution in [0.3, 0.4) is 0 Å². The molecule has 1 amide bonds. The van der Waals surface area contributed by atoms with E-state index in [9.17, 15) is 13.6 Å². The molecule has 1 aromatic carbocycles. The Morgan fingerprint density at radius 1 is 1.32 bits per heavy atom. The minimum Gasteiger partial charge on any atom is -0.357 e. The molecule has 6 nitrogen and oxygen atoms in total. The van der Waals surface area contributed by atoms with Gasteiger partial charge in [0.05, 0.1) is 12.6 Å². The summed E-state index contributed by atoms with van der Waals surface area (Å²) in [6, 6.07) is 3.47. The number of likely N-dealkylation sites (N-methyl/N-ethyl adjacent to an activating group) is 1. The first-order valence-electron chi connectivity index (χ1n) is 9.80. The fourth-order valence-electron chi connectivity index (χ4n) is 3.36. The van der Waals surface area contributed by atoms with Gasteiger partial charge in [0.15, 0.2) is 5.96 Å². The van der Waals surface area contributed by atoms with E-state index < -0.39 is 17.7 Å². The second-order valence-corrected chi connectivity index (χ2v) is 7.16. The lowest BCUT2D eigenvalue weighted by Gasteiger charge is -2.25. The average Bonchev–Trinajstić information content (AvgIpc) is 3.11. The molecule has 156 valence electrons. The Balaban J connectivity index is 2.11. The zero-order valence-corrected chi connectivity index (χ0v) is 17.1. The Kier molecular flexibility index (Phi) is 8.17. The van der Waals surface area contributed by atoms with Gasteiger partial charge in [-0.1, -0.05) is 13.0 Å². The molecule has 1 aliphatic rings. The summed E-state index contributed by atoms with van der Waals surface area (Å²) in [4.78, 5) is 20.0. The van der Waals surface area contributed by atoms with Crippen molar-refractivity contribution in [2.75, 3.05) is 40.3 Å². The molecule has 0 aromatic heterocycles. The van der Waals surface area contributed by atoms with Crippen LogP contribution in [0.4, 0.5) is 8.78 Å². The number of nitrogens with zero attached hydrogens (tertiary/aromatic N) is 3. The summed E-state index contributed by atoms with van der Waals surface area (Å²) in [5.74, 6) is -0.413. The van der Waals surface area contributed by atoms with Crippen LogP contribution in [-0.2, 0) is 4.79 Å². The number of nitrogens with one attached hydrogen (secondary N) is 2. The van der Waals surface area contributed by atoms with Gasteiger partial charge in [-0.15, -0.1) is 0 Å². The minimum absolute atomic E-state index is 0.0210. The Hall–Kier alpha value is -2.22. The van der Waals surface area contributed by atoms with Gasteiger partial charge in [0.25, 0.3) is 0 Å². The molecule has 2 atom stereocenters. The highest BCUT2D eigenvalue weighted by Crippen LogP contribution is 2.24. The molecule has 28 heavy (non-hydrogen) atoms. The van der Waals surface area contributed by atoms with Crippen LogP contribution in [-0.4, -0.2) is 68.0 Å². The summed E-state index contributed by atoms with van der Waals surface area (Å²) in [5.41, 5.74) is 0.0210. The first-order chi connectivity index (χ1) is 13.4. The lowest BCUT2D eigenvalue weighted by Crippen LogP contribution is -2.45. The third-order valence-corrected chi connectivity index (χ3v) is 4.91. The predicted octanol–water partition coefficient (Wildman–Crippen LogP) is 2.13. The number of hydrogen-bond acceptors (Lipinski definition) is 3. The molecule has 2 N–H and O–H groups in total. The molecule has 2 rings (SSSR count). The van der Waals surface area contributed by atoms with Crippen molar-refractivity contribution in [3.8, 4) is 0 Å². The number of likely N-dealkylation sites (tertiary alicyclic amines) is 1. The number of benzene rings is 1. The van der Waals surface area contributed by atoms with Gasteiger partial charge in [0.1, 0.15) is 11.6 Å². The maximum Gasteiger partial charge on any atom is 0.222 e. The summed E-state index contributed by atoms with van der Waals surface area (Å²) < 4.78 is 28.5. The van der Waals surface area contributed by atoms with Crippen LogP contribution in [0.5, 0.6) is 0 Å². The summed E-state index contributed by atoms with van der Waals surface area (Å²) >= 11 is 0. The normalized spacial score (nSPS) is 18.5. The SMILES string of the molecule is CCNC(=NCC(c1c(F)cccc1F)N(C)C)NC1CCN(C(=O)CC)C1. The van der Waals surface area contributed by atoms with E-state index in [0.717, 1.165) is 13.0 Å². The summed E-state index contributed by atoms with van der Waals surface area (Å²) in [7, 11) is 3.55. The molecule has 0 saturated carbocycles. The number of rotatable bonds is 7. The lowest BCUT2D eigenvalue weighted by molar-refractivity contribution is -0.129. The number of guanidine groups is 1. The molecule has 0 spiro atoms. The maximum absolute atomic E-state index is 14.2. The van der Waals surface area contributed by atoms with Gasteiger partial charge in [0, 0.05) is 37.7 Å². The first kappa shape index (κ1) is 22.1. The molecule has 0 aliphatic carbocycles. The molecular weight excluding hydrogens is 364 g/mol. The van der Waals surface area contributed by atoms with Crippen molar-refractivity contribution in [2.24, 2.45) is 4.99 Å². The zero-order valence-electron chi connectivity index (χ0n) is 17.1. The van der Waals surface area contributed by atoms with Gasteiger partial charge < -0.3 is 20.4 Å². The Labute approximate surface area is 166 Å². The van der Waals surface area contributed by atoms with Crippen molar-refractivity contribution in [3.63, 3.8) is 0 Å². The van der Waals surface area contributed by atoms with Crippen LogP contribution in [0, 0.1) is 11.6 Å². The third-order valence-electron chi connectivity index (χ3n) is 4.91. The van der Waals surface area contributed by atoms with Crippen LogP contribution < -0.4 is 10.6 Å². The molecule has 8 heteroatoms. The van der Waals surface area contributed by atoms with E-state index in [2.05, 4.69) is 15.6 Å². The van der Waals surface area contributed by atoms with E-state index in [0.29, 0.717) is 25.5 Å². The zero-order chi connectivity index (χ0) is 20.7. The van der Waals surface area contributed by atoms with Crippen LogP contribution in [0.2, 0.25) is 0 Å². The standard InChI is InChI=1S/C20H31F2N5O/c1-5-18(28)27-11-10-14(13-27)25-20(23-6-2)24-12-17(26(3)4)19-15(21)8-7-9-16(19)22/h7-9,14,17H,5-6,10-13H2,1-4H3,(H2,23,24,25). The topological polar surface area (TPSA) is 60.0 Å². The van der Waals surface area contributed by atoms with Gasteiger partial charge >= 0.3 is 0 Å². The fourth-order valence-corrected chi connectivity index (χ4v) is 3.36.